The first-order chi connectivity index (χ1) is 14.6. The van der Waals surface area contributed by atoms with Crippen molar-refractivity contribution in [1.29, 1.82) is 0 Å². The number of carbonyl (C=O) groups excluding carboxylic acids is 1. The van der Waals surface area contributed by atoms with Gasteiger partial charge in [-0.1, -0.05) is 54.1 Å². The van der Waals surface area contributed by atoms with E-state index in [2.05, 4.69) is 20.6 Å². The number of halogens is 1. The standard InChI is InChI=1S/C24H19ClN4O/c1-16-26-22(17-7-3-2-4-8-17)15-23(27-16)28-20-11-6-12-21(14-20)29-24(30)18-9-5-10-19(25)13-18/h2-15H,1H3,(H,29,30)(H,26,27,28). The van der Waals surface area contributed by atoms with Crippen LogP contribution in [0.1, 0.15) is 16.2 Å². The predicted molar refractivity (Wildman–Crippen MR) is 121 cm³/mol. The second-order valence-corrected chi connectivity index (χ2v) is 7.16. The van der Waals surface area contributed by atoms with Crippen LogP contribution >= 0.6 is 11.6 Å². The number of hydrogen-bond acceptors (Lipinski definition) is 4. The van der Waals surface area contributed by atoms with Crippen molar-refractivity contribution in [2.45, 2.75) is 6.92 Å². The molecule has 4 rings (SSSR count). The first-order valence-corrected chi connectivity index (χ1v) is 9.80. The number of aryl methyl sites for hydroxylation is 1. The third-order valence-electron chi connectivity index (χ3n) is 4.39. The summed E-state index contributed by atoms with van der Waals surface area (Å²) in [4.78, 5) is 21.5. The minimum Gasteiger partial charge on any atom is -0.340 e. The average Bonchev–Trinajstić information content (AvgIpc) is 2.74. The maximum atomic E-state index is 12.5. The zero-order valence-corrected chi connectivity index (χ0v) is 17.0. The van der Waals surface area contributed by atoms with E-state index in [9.17, 15) is 4.79 Å². The van der Waals surface area contributed by atoms with Crippen molar-refractivity contribution in [3.8, 4) is 11.3 Å². The molecular formula is C24H19ClN4O. The fourth-order valence-electron chi connectivity index (χ4n) is 3.04. The fraction of sp³-hybridized carbons (Fsp3) is 0.0417. The van der Waals surface area contributed by atoms with E-state index in [0.717, 1.165) is 16.9 Å². The van der Waals surface area contributed by atoms with Gasteiger partial charge < -0.3 is 10.6 Å². The van der Waals surface area contributed by atoms with E-state index in [0.29, 0.717) is 27.9 Å². The Morgan fingerprint density at radius 1 is 0.833 bits per heavy atom. The number of amides is 1. The molecule has 2 N–H and O–H groups in total. The molecule has 0 aliphatic rings. The SMILES string of the molecule is Cc1nc(Nc2cccc(NC(=O)c3cccc(Cl)c3)c2)cc(-c2ccccc2)n1. The van der Waals surface area contributed by atoms with Crippen molar-refractivity contribution in [2.24, 2.45) is 0 Å². The lowest BCUT2D eigenvalue weighted by Gasteiger charge is -2.11. The highest BCUT2D eigenvalue weighted by molar-refractivity contribution is 6.31. The van der Waals surface area contributed by atoms with Crippen LogP contribution in [0.2, 0.25) is 5.02 Å². The lowest BCUT2D eigenvalue weighted by molar-refractivity contribution is 0.102. The Hall–Kier alpha value is -3.70. The molecule has 5 nitrogen and oxygen atoms in total. The van der Waals surface area contributed by atoms with Crippen LogP contribution in [0.4, 0.5) is 17.2 Å². The summed E-state index contributed by atoms with van der Waals surface area (Å²) in [5, 5.41) is 6.70. The van der Waals surface area contributed by atoms with Crippen molar-refractivity contribution < 1.29 is 4.79 Å². The molecule has 148 valence electrons. The molecule has 4 aromatic rings. The molecular weight excluding hydrogens is 396 g/mol. The number of benzene rings is 3. The van der Waals surface area contributed by atoms with Gasteiger partial charge in [0.2, 0.25) is 0 Å². The number of rotatable bonds is 5. The van der Waals surface area contributed by atoms with Crippen LogP contribution in [-0.4, -0.2) is 15.9 Å². The van der Waals surface area contributed by atoms with E-state index in [1.54, 1.807) is 24.3 Å². The van der Waals surface area contributed by atoms with Gasteiger partial charge in [0.1, 0.15) is 11.6 Å². The summed E-state index contributed by atoms with van der Waals surface area (Å²) < 4.78 is 0. The molecule has 0 saturated heterocycles. The largest absolute Gasteiger partial charge is 0.340 e. The molecule has 0 unspecified atom stereocenters. The molecule has 1 aromatic heterocycles. The summed E-state index contributed by atoms with van der Waals surface area (Å²) in [6.07, 6.45) is 0. The van der Waals surface area contributed by atoms with Gasteiger partial charge in [0, 0.05) is 33.6 Å². The molecule has 1 amide bonds. The Kier molecular flexibility index (Phi) is 5.72. The molecule has 0 aliphatic carbocycles. The summed E-state index contributed by atoms with van der Waals surface area (Å²) in [5.41, 5.74) is 3.83. The molecule has 1 heterocycles. The van der Waals surface area contributed by atoms with Crippen molar-refractivity contribution in [2.75, 3.05) is 10.6 Å². The highest BCUT2D eigenvalue weighted by Crippen LogP contribution is 2.24. The minimum atomic E-state index is -0.223. The monoisotopic (exact) mass is 414 g/mol. The van der Waals surface area contributed by atoms with Gasteiger partial charge in [0.25, 0.3) is 5.91 Å². The third kappa shape index (κ3) is 4.82. The Morgan fingerprint density at radius 2 is 1.60 bits per heavy atom. The topological polar surface area (TPSA) is 66.9 Å². The summed E-state index contributed by atoms with van der Waals surface area (Å²) >= 11 is 5.98. The van der Waals surface area contributed by atoms with Gasteiger partial charge in [-0.05, 0) is 43.3 Å². The second kappa shape index (κ2) is 8.76. The molecule has 6 heteroatoms. The summed E-state index contributed by atoms with van der Waals surface area (Å²) in [6, 6.07) is 26.1. The Balaban J connectivity index is 1.54. The van der Waals surface area contributed by atoms with Gasteiger partial charge in [-0.15, -0.1) is 0 Å². The maximum absolute atomic E-state index is 12.5. The molecule has 0 saturated carbocycles. The van der Waals surface area contributed by atoms with E-state index < -0.39 is 0 Å². The van der Waals surface area contributed by atoms with Gasteiger partial charge >= 0.3 is 0 Å². The molecule has 3 aromatic carbocycles. The molecule has 0 bridgehead atoms. The van der Waals surface area contributed by atoms with E-state index in [1.807, 2.05) is 67.6 Å². The van der Waals surface area contributed by atoms with E-state index in [4.69, 9.17) is 11.6 Å². The van der Waals surface area contributed by atoms with Gasteiger partial charge in [0.05, 0.1) is 5.69 Å². The third-order valence-corrected chi connectivity index (χ3v) is 4.62. The van der Waals surface area contributed by atoms with E-state index in [1.165, 1.54) is 0 Å². The van der Waals surface area contributed by atoms with Crippen LogP contribution in [0.15, 0.2) is 84.9 Å². The van der Waals surface area contributed by atoms with Crippen LogP contribution in [0, 0.1) is 6.92 Å². The van der Waals surface area contributed by atoms with Crippen LogP contribution in [0.25, 0.3) is 11.3 Å². The number of anilines is 3. The van der Waals surface area contributed by atoms with Crippen molar-refractivity contribution >= 4 is 34.7 Å². The zero-order valence-electron chi connectivity index (χ0n) is 16.3. The normalized spacial score (nSPS) is 10.5. The average molecular weight is 415 g/mol. The molecule has 0 spiro atoms. The van der Waals surface area contributed by atoms with Gasteiger partial charge in [-0.25, -0.2) is 9.97 Å². The predicted octanol–water partition coefficient (Wildman–Crippen LogP) is 6.10. The first kappa shape index (κ1) is 19.6. The second-order valence-electron chi connectivity index (χ2n) is 6.72. The number of hydrogen-bond donors (Lipinski definition) is 2. The molecule has 0 radical (unpaired) electrons. The quantitative estimate of drug-likeness (QED) is 0.414. The summed E-state index contributed by atoms with van der Waals surface area (Å²) in [7, 11) is 0. The van der Waals surface area contributed by atoms with Gasteiger partial charge in [0.15, 0.2) is 0 Å². The van der Waals surface area contributed by atoms with Gasteiger partial charge in [-0.3, -0.25) is 4.79 Å². The molecule has 0 aliphatic heterocycles. The van der Waals surface area contributed by atoms with Crippen LogP contribution in [-0.2, 0) is 0 Å². The van der Waals surface area contributed by atoms with Crippen LogP contribution in [0.5, 0.6) is 0 Å². The van der Waals surface area contributed by atoms with Gasteiger partial charge in [-0.2, -0.15) is 0 Å². The van der Waals surface area contributed by atoms with Crippen LogP contribution in [0.3, 0.4) is 0 Å². The lowest BCUT2D eigenvalue weighted by atomic mass is 10.1. The number of nitrogens with zero attached hydrogens (tertiary/aromatic N) is 2. The number of aromatic nitrogens is 2. The molecule has 0 fully saturated rings. The summed E-state index contributed by atoms with van der Waals surface area (Å²) in [6.45, 7) is 1.86. The lowest BCUT2D eigenvalue weighted by Crippen LogP contribution is -2.11. The van der Waals surface area contributed by atoms with Crippen LogP contribution < -0.4 is 10.6 Å². The maximum Gasteiger partial charge on any atom is 0.255 e. The molecule has 0 atom stereocenters. The van der Waals surface area contributed by atoms with E-state index in [-0.39, 0.29) is 5.91 Å². The summed E-state index contributed by atoms with van der Waals surface area (Å²) in [5.74, 6) is 1.13. The Morgan fingerprint density at radius 3 is 2.40 bits per heavy atom. The highest BCUT2D eigenvalue weighted by atomic mass is 35.5. The Labute approximate surface area is 179 Å². The Bertz CT molecular complexity index is 1190. The zero-order chi connectivity index (χ0) is 20.9. The van der Waals surface area contributed by atoms with Crippen molar-refractivity contribution in [3.63, 3.8) is 0 Å². The smallest absolute Gasteiger partial charge is 0.255 e. The highest BCUT2D eigenvalue weighted by Gasteiger charge is 2.08. The van der Waals surface area contributed by atoms with E-state index >= 15 is 0 Å². The number of nitrogens with one attached hydrogen (secondary N) is 2. The molecule has 30 heavy (non-hydrogen) atoms. The fourth-order valence-corrected chi connectivity index (χ4v) is 3.23. The number of carbonyl (C=O) groups is 1. The first-order valence-electron chi connectivity index (χ1n) is 9.42. The van der Waals surface area contributed by atoms with Crippen molar-refractivity contribution in [3.05, 3.63) is 101 Å². The minimum absolute atomic E-state index is 0.223. The van der Waals surface area contributed by atoms with Crippen molar-refractivity contribution in [1.82, 2.24) is 9.97 Å².